The number of hydrogen-bond acceptors (Lipinski definition) is 3. The molecule has 18 heavy (non-hydrogen) atoms. The molecule has 1 aromatic carbocycles. The van der Waals surface area contributed by atoms with E-state index in [-0.39, 0.29) is 5.82 Å². The van der Waals surface area contributed by atoms with E-state index in [1.165, 1.54) is 6.07 Å². The van der Waals surface area contributed by atoms with Gasteiger partial charge in [0.25, 0.3) is 0 Å². The van der Waals surface area contributed by atoms with Crippen molar-refractivity contribution in [2.24, 2.45) is 0 Å². The van der Waals surface area contributed by atoms with Gasteiger partial charge in [0.05, 0.1) is 10.7 Å². The highest BCUT2D eigenvalue weighted by molar-refractivity contribution is 9.10. The Balaban J connectivity index is 2.27. The lowest BCUT2D eigenvalue weighted by molar-refractivity contribution is 0.431. The van der Waals surface area contributed by atoms with Crippen LogP contribution in [0.15, 0.2) is 33.4 Å². The van der Waals surface area contributed by atoms with E-state index in [1.807, 2.05) is 0 Å². The van der Waals surface area contributed by atoms with Gasteiger partial charge in [-0.2, -0.15) is 0 Å². The number of halogens is 2. The van der Waals surface area contributed by atoms with E-state index >= 15 is 0 Å². The van der Waals surface area contributed by atoms with E-state index in [4.69, 9.17) is 4.52 Å². The normalized spacial score (nSPS) is 11.2. The molecule has 3 nitrogen and oxygen atoms in total. The van der Waals surface area contributed by atoms with Crippen LogP contribution >= 0.6 is 15.9 Å². The van der Waals surface area contributed by atoms with Gasteiger partial charge in [0.15, 0.2) is 5.76 Å². The maximum absolute atomic E-state index is 13.2. The summed E-state index contributed by atoms with van der Waals surface area (Å²) in [5.74, 6) is 0.379. The van der Waals surface area contributed by atoms with Crippen molar-refractivity contribution in [1.82, 2.24) is 10.5 Å². The monoisotopic (exact) mass is 312 g/mol. The second-order valence-corrected chi connectivity index (χ2v) is 5.20. The minimum atomic E-state index is -0.292. The Morgan fingerprint density at radius 2 is 2.22 bits per heavy atom. The fraction of sp³-hybridized carbons (Fsp3) is 0.308. The van der Waals surface area contributed by atoms with Crippen LogP contribution in [0.2, 0.25) is 0 Å². The summed E-state index contributed by atoms with van der Waals surface area (Å²) in [5.41, 5.74) is 1.77. The predicted octanol–water partition coefficient (Wildman–Crippen LogP) is 3.74. The molecule has 96 valence electrons. The molecule has 2 rings (SSSR count). The highest BCUT2D eigenvalue weighted by Gasteiger charge is 2.12. The van der Waals surface area contributed by atoms with Crippen LogP contribution in [-0.2, 0) is 6.54 Å². The number of nitrogens with one attached hydrogen (secondary N) is 1. The second-order valence-electron chi connectivity index (χ2n) is 4.34. The van der Waals surface area contributed by atoms with Gasteiger partial charge in [0.2, 0.25) is 0 Å². The van der Waals surface area contributed by atoms with Gasteiger partial charge >= 0.3 is 0 Å². The van der Waals surface area contributed by atoms with Gasteiger partial charge in [-0.25, -0.2) is 4.39 Å². The highest BCUT2D eigenvalue weighted by Crippen LogP contribution is 2.27. The molecule has 1 heterocycles. The summed E-state index contributed by atoms with van der Waals surface area (Å²) >= 11 is 3.17. The Bertz CT molecular complexity index is 540. The molecule has 0 aliphatic heterocycles. The number of aromatic nitrogens is 1. The molecule has 0 spiro atoms. The summed E-state index contributed by atoms with van der Waals surface area (Å²) in [6, 6.07) is 5.16. The van der Waals surface area contributed by atoms with Crippen LogP contribution in [0.4, 0.5) is 4.39 Å². The Morgan fingerprint density at radius 1 is 1.44 bits per heavy atom. The third kappa shape index (κ3) is 2.97. The molecule has 0 bridgehead atoms. The zero-order valence-corrected chi connectivity index (χ0v) is 11.8. The lowest BCUT2D eigenvalue weighted by atomic mass is 10.1. The lowest BCUT2D eigenvalue weighted by Gasteiger charge is -2.07. The molecule has 0 radical (unpaired) electrons. The van der Waals surface area contributed by atoms with Crippen molar-refractivity contribution in [3.8, 4) is 11.3 Å². The first kappa shape index (κ1) is 13.2. The summed E-state index contributed by atoms with van der Waals surface area (Å²) in [6.07, 6.45) is 1.68. The fourth-order valence-corrected chi connectivity index (χ4v) is 1.95. The van der Waals surface area contributed by atoms with Crippen molar-refractivity contribution in [3.63, 3.8) is 0 Å². The number of hydrogen-bond donors (Lipinski definition) is 1. The minimum Gasteiger partial charge on any atom is -0.356 e. The molecular formula is C13H14BrFN2O. The topological polar surface area (TPSA) is 38.1 Å². The SMILES string of the molecule is CC(C)NCc1cnoc1-c1ccc(F)c(Br)c1. The van der Waals surface area contributed by atoms with Crippen molar-refractivity contribution in [2.75, 3.05) is 0 Å². The predicted molar refractivity (Wildman–Crippen MR) is 71.6 cm³/mol. The summed E-state index contributed by atoms with van der Waals surface area (Å²) in [4.78, 5) is 0. The van der Waals surface area contributed by atoms with Crippen LogP contribution in [-0.4, -0.2) is 11.2 Å². The van der Waals surface area contributed by atoms with Crippen LogP contribution in [0.1, 0.15) is 19.4 Å². The smallest absolute Gasteiger partial charge is 0.171 e. The standard InChI is InChI=1S/C13H14BrFN2O/c1-8(2)16-6-10-7-17-18-13(10)9-3-4-12(15)11(14)5-9/h3-5,7-8,16H,6H2,1-2H3. The summed E-state index contributed by atoms with van der Waals surface area (Å²) < 4.78 is 18.8. The quantitative estimate of drug-likeness (QED) is 0.934. The van der Waals surface area contributed by atoms with Gasteiger partial charge in [-0.1, -0.05) is 19.0 Å². The highest BCUT2D eigenvalue weighted by atomic mass is 79.9. The van der Waals surface area contributed by atoms with E-state index in [9.17, 15) is 4.39 Å². The van der Waals surface area contributed by atoms with Gasteiger partial charge in [0, 0.05) is 23.7 Å². The molecule has 0 fully saturated rings. The molecular weight excluding hydrogens is 299 g/mol. The maximum Gasteiger partial charge on any atom is 0.171 e. The van der Waals surface area contributed by atoms with Crippen LogP contribution in [0.25, 0.3) is 11.3 Å². The van der Waals surface area contributed by atoms with Gasteiger partial charge < -0.3 is 9.84 Å². The molecule has 0 atom stereocenters. The maximum atomic E-state index is 13.2. The first-order chi connectivity index (χ1) is 8.58. The molecule has 1 aromatic heterocycles. The van der Waals surface area contributed by atoms with Crippen molar-refractivity contribution >= 4 is 15.9 Å². The number of rotatable bonds is 4. The molecule has 0 aliphatic carbocycles. The average molecular weight is 313 g/mol. The summed E-state index contributed by atoms with van der Waals surface area (Å²) in [7, 11) is 0. The fourth-order valence-electron chi connectivity index (χ4n) is 1.58. The zero-order chi connectivity index (χ0) is 13.1. The molecule has 0 amide bonds. The van der Waals surface area contributed by atoms with Gasteiger partial charge in [0.1, 0.15) is 5.82 Å². The van der Waals surface area contributed by atoms with Crippen LogP contribution in [0, 0.1) is 5.82 Å². The van der Waals surface area contributed by atoms with Crippen molar-refractivity contribution < 1.29 is 8.91 Å². The Morgan fingerprint density at radius 3 is 2.89 bits per heavy atom. The van der Waals surface area contributed by atoms with E-state index in [0.717, 1.165) is 11.1 Å². The Labute approximate surface area is 113 Å². The number of benzene rings is 1. The lowest BCUT2D eigenvalue weighted by Crippen LogP contribution is -2.21. The molecule has 0 saturated carbocycles. The molecule has 2 aromatic rings. The molecule has 0 unspecified atom stereocenters. The van der Waals surface area contributed by atoms with Crippen molar-refractivity contribution in [1.29, 1.82) is 0 Å². The van der Waals surface area contributed by atoms with Crippen LogP contribution in [0.3, 0.4) is 0 Å². The molecule has 5 heteroatoms. The minimum absolute atomic E-state index is 0.292. The van der Waals surface area contributed by atoms with Crippen molar-refractivity contribution in [3.05, 3.63) is 40.2 Å². The second kappa shape index (κ2) is 5.63. The average Bonchev–Trinajstić information content (AvgIpc) is 2.78. The number of nitrogens with zero attached hydrogens (tertiary/aromatic N) is 1. The third-order valence-electron chi connectivity index (χ3n) is 2.53. The Kier molecular flexibility index (Phi) is 4.14. The summed E-state index contributed by atoms with van der Waals surface area (Å²) in [6.45, 7) is 4.81. The zero-order valence-electron chi connectivity index (χ0n) is 10.2. The van der Waals surface area contributed by atoms with E-state index in [2.05, 4.69) is 40.3 Å². The van der Waals surface area contributed by atoms with E-state index < -0.39 is 0 Å². The molecule has 0 aliphatic rings. The van der Waals surface area contributed by atoms with Gasteiger partial charge in [-0.15, -0.1) is 0 Å². The van der Waals surface area contributed by atoms with E-state index in [0.29, 0.717) is 22.8 Å². The largest absolute Gasteiger partial charge is 0.356 e. The first-order valence-corrected chi connectivity index (χ1v) is 6.49. The van der Waals surface area contributed by atoms with Crippen LogP contribution < -0.4 is 5.32 Å². The molecule has 0 saturated heterocycles. The van der Waals surface area contributed by atoms with Gasteiger partial charge in [-0.3, -0.25) is 0 Å². The summed E-state index contributed by atoms with van der Waals surface area (Å²) in [5, 5.41) is 7.10. The Hall–Kier alpha value is -1.20. The van der Waals surface area contributed by atoms with Crippen LogP contribution in [0.5, 0.6) is 0 Å². The molecule has 1 N–H and O–H groups in total. The van der Waals surface area contributed by atoms with Crippen molar-refractivity contribution in [2.45, 2.75) is 26.4 Å². The first-order valence-electron chi connectivity index (χ1n) is 5.70. The van der Waals surface area contributed by atoms with E-state index in [1.54, 1.807) is 18.3 Å². The third-order valence-corrected chi connectivity index (χ3v) is 3.13. The van der Waals surface area contributed by atoms with Gasteiger partial charge in [-0.05, 0) is 34.1 Å².